The van der Waals surface area contributed by atoms with Crippen molar-refractivity contribution in [1.29, 1.82) is 0 Å². The Morgan fingerprint density at radius 2 is 1.57 bits per heavy atom. The highest BCUT2D eigenvalue weighted by molar-refractivity contribution is 5.84. The second-order valence-corrected chi connectivity index (χ2v) is 5.74. The van der Waals surface area contributed by atoms with E-state index in [1.807, 2.05) is 63.2 Å². The minimum Gasteiger partial charge on any atom is -0.479 e. The van der Waals surface area contributed by atoms with Gasteiger partial charge in [-0.25, -0.2) is 4.79 Å². The van der Waals surface area contributed by atoms with Crippen LogP contribution < -0.4 is 5.32 Å². The molecule has 0 bridgehead atoms. The molecule has 0 heterocycles. The molecular weight excluding hydrogens is 262 g/mol. The number of nitrogens with one attached hydrogen (secondary N) is 1. The molecule has 1 atom stereocenters. The minimum absolute atomic E-state index is 0.788. The van der Waals surface area contributed by atoms with Crippen LogP contribution in [0.5, 0.6) is 0 Å². The standard InChI is InChI=1S/C18H21NO2/c1-12-6-9-15(10-7-12)19-18(4,17(20)21)16-11-13(2)5-8-14(16)3/h5-11,19H,1-4H3,(H,20,21). The van der Waals surface area contributed by atoms with Gasteiger partial charge in [0.15, 0.2) is 5.54 Å². The van der Waals surface area contributed by atoms with Crippen LogP contribution in [0, 0.1) is 20.8 Å². The Morgan fingerprint density at radius 3 is 2.14 bits per heavy atom. The molecule has 0 fully saturated rings. The average molecular weight is 283 g/mol. The molecule has 0 saturated carbocycles. The van der Waals surface area contributed by atoms with Crippen LogP contribution in [0.2, 0.25) is 0 Å². The van der Waals surface area contributed by atoms with Gasteiger partial charge in [0.2, 0.25) is 0 Å². The van der Waals surface area contributed by atoms with Gasteiger partial charge in [-0.3, -0.25) is 0 Å². The summed E-state index contributed by atoms with van der Waals surface area (Å²) in [4.78, 5) is 11.9. The van der Waals surface area contributed by atoms with E-state index in [9.17, 15) is 9.90 Å². The first-order valence-electron chi connectivity index (χ1n) is 6.99. The van der Waals surface area contributed by atoms with Gasteiger partial charge in [-0.05, 0) is 51.0 Å². The zero-order valence-electron chi connectivity index (χ0n) is 12.9. The Balaban J connectivity index is 2.47. The quantitative estimate of drug-likeness (QED) is 0.891. The molecule has 0 amide bonds. The van der Waals surface area contributed by atoms with Gasteiger partial charge in [0, 0.05) is 5.69 Å². The molecule has 21 heavy (non-hydrogen) atoms. The molecule has 0 aromatic heterocycles. The zero-order chi connectivity index (χ0) is 15.6. The van der Waals surface area contributed by atoms with Gasteiger partial charge in [0.05, 0.1) is 0 Å². The summed E-state index contributed by atoms with van der Waals surface area (Å²) < 4.78 is 0. The molecule has 110 valence electrons. The molecule has 0 saturated heterocycles. The van der Waals surface area contributed by atoms with E-state index < -0.39 is 11.5 Å². The minimum atomic E-state index is -1.16. The molecule has 0 aliphatic carbocycles. The molecule has 0 aliphatic heterocycles. The third-order valence-electron chi connectivity index (χ3n) is 3.81. The summed E-state index contributed by atoms with van der Waals surface area (Å²) in [5, 5.41) is 12.9. The van der Waals surface area contributed by atoms with Gasteiger partial charge < -0.3 is 10.4 Å². The first-order valence-corrected chi connectivity index (χ1v) is 6.99. The lowest BCUT2D eigenvalue weighted by molar-refractivity contribution is -0.142. The monoisotopic (exact) mass is 283 g/mol. The first-order chi connectivity index (χ1) is 9.83. The van der Waals surface area contributed by atoms with Crippen LogP contribution in [-0.4, -0.2) is 11.1 Å². The van der Waals surface area contributed by atoms with Crippen molar-refractivity contribution < 1.29 is 9.90 Å². The number of rotatable bonds is 4. The van der Waals surface area contributed by atoms with Gasteiger partial charge in [-0.15, -0.1) is 0 Å². The highest BCUT2D eigenvalue weighted by Crippen LogP contribution is 2.30. The molecule has 0 aliphatic rings. The summed E-state index contributed by atoms with van der Waals surface area (Å²) >= 11 is 0. The maximum atomic E-state index is 11.9. The van der Waals surface area contributed by atoms with Crippen molar-refractivity contribution in [1.82, 2.24) is 0 Å². The highest BCUT2D eigenvalue weighted by Gasteiger charge is 2.36. The summed E-state index contributed by atoms with van der Waals surface area (Å²) in [6.45, 7) is 7.62. The summed E-state index contributed by atoms with van der Waals surface area (Å²) in [5.41, 5.74) is 3.58. The second-order valence-electron chi connectivity index (χ2n) is 5.74. The van der Waals surface area contributed by atoms with E-state index in [-0.39, 0.29) is 0 Å². The predicted octanol–water partition coefficient (Wildman–Crippen LogP) is 4.02. The number of carboxylic acids is 1. The van der Waals surface area contributed by atoms with Gasteiger partial charge in [-0.1, -0.05) is 41.5 Å². The van der Waals surface area contributed by atoms with Crippen LogP contribution in [0.1, 0.15) is 29.2 Å². The average Bonchev–Trinajstić information content (AvgIpc) is 2.43. The Labute approximate surface area is 125 Å². The summed E-state index contributed by atoms with van der Waals surface area (Å²) in [6.07, 6.45) is 0. The maximum Gasteiger partial charge on any atom is 0.333 e. The number of hydrogen-bond acceptors (Lipinski definition) is 2. The van der Waals surface area contributed by atoms with Crippen molar-refractivity contribution in [3.63, 3.8) is 0 Å². The Morgan fingerprint density at radius 1 is 1.00 bits per heavy atom. The van der Waals surface area contributed by atoms with Crippen LogP contribution in [-0.2, 0) is 10.3 Å². The van der Waals surface area contributed by atoms with E-state index >= 15 is 0 Å². The Bertz CT molecular complexity index is 661. The fraction of sp³-hybridized carbons (Fsp3) is 0.278. The normalized spacial score (nSPS) is 13.5. The molecular formula is C18H21NO2. The van der Waals surface area contributed by atoms with Crippen molar-refractivity contribution in [2.75, 3.05) is 5.32 Å². The molecule has 2 rings (SSSR count). The number of aliphatic carboxylic acids is 1. The van der Waals surface area contributed by atoms with Crippen LogP contribution in [0.3, 0.4) is 0 Å². The molecule has 2 aromatic carbocycles. The lowest BCUT2D eigenvalue weighted by Gasteiger charge is -2.30. The van der Waals surface area contributed by atoms with Crippen molar-refractivity contribution in [2.24, 2.45) is 0 Å². The summed E-state index contributed by atoms with van der Waals surface area (Å²) in [6, 6.07) is 13.6. The molecule has 1 unspecified atom stereocenters. The molecule has 2 N–H and O–H groups in total. The molecule has 3 nitrogen and oxygen atoms in total. The van der Waals surface area contributed by atoms with Crippen LogP contribution in [0.25, 0.3) is 0 Å². The van der Waals surface area contributed by atoms with Crippen LogP contribution in [0.4, 0.5) is 5.69 Å². The van der Waals surface area contributed by atoms with Gasteiger partial charge >= 0.3 is 5.97 Å². The van der Waals surface area contributed by atoms with Crippen molar-refractivity contribution in [3.05, 3.63) is 64.7 Å². The van der Waals surface area contributed by atoms with Crippen molar-refractivity contribution in [3.8, 4) is 0 Å². The highest BCUT2D eigenvalue weighted by atomic mass is 16.4. The van der Waals surface area contributed by atoms with Crippen LogP contribution in [0.15, 0.2) is 42.5 Å². The van der Waals surface area contributed by atoms with Gasteiger partial charge in [-0.2, -0.15) is 0 Å². The zero-order valence-corrected chi connectivity index (χ0v) is 12.9. The van der Waals surface area contributed by atoms with Crippen molar-refractivity contribution in [2.45, 2.75) is 33.2 Å². The van der Waals surface area contributed by atoms with E-state index in [2.05, 4.69) is 5.32 Å². The van der Waals surface area contributed by atoms with E-state index in [1.165, 1.54) is 0 Å². The largest absolute Gasteiger partial charge is 0.479 e. The molecule has 2 aromatic rings. The van der Waals surface area contributed by atoms with Crippen molar-refractivity contribution >= 4 is 11.7 Å². The Hall–Kier alpha value is -2.29. The summed E-state index contributed by atoms with van der Waals surface area (Å²) in [5.74, 6) is -0.892. The predicted molar refractivity (Wildman–Crippen MR) is 85.7 cm³/mol. The SMILES string of the molecule is Cc1ccc(NC(C)(C(=O)O)c2cc(C)ccc2C)cc1. The lowest BCUT2D eigenvalue weighted by atomic mass is 9.87. The fourth-order valence-electron chi connectivity index (χ4n) is 2.44. The molecule has 0 spiro atoms. The number of carboxylic acid groups (broad SMARTS) is 1. The van der Waals surface area contributed by atoms with E-state index in [0.717, 1.165) is 27.9 Å². The third-order valence-corrected chi connectivity index (χ3v) is 3.81. The Kier molecular flexibility index (Phi) is 4.03. The van der Waals surface area contributed by atoms with Crippen LogP contribution >= 0.6 is 0 Å². The second kappa shape index (κ2) is 5.60. The number of carbonyl (C=O) groups is 1. The number of hydrogen-bond donors (Lipinski definition) is 2. The summed E-state index contributed by atoms with van der Waals surface area (Å²) in [7, 11) is 0. The van der Waals surface area contributed by atoms with E-state index in [0.29, 0.717) is 0 Å². The van der Waals surface area contributed by atoms with Gasteiger partial charge in [0.25, 0.3) is 0 Å². The third kappa shape index (κ3) is 3.07. The number of aryl methyl sites for hydroxylation is 3. The molecule has 3 heteroatoms. The lowest BCUT2D eigenvalue weighted by Crippen LogP contribution is -2.41. The molecule has 0 radical (unpaired) electrons. The smallest absolute Gasteiger partial charge is 0.333 e. The topological polar surface area (TPSA) is 49.3 Å². The van der Waals surface area contributed by atoms with E-state index in [4.69, 9.17) is 0 Å². The maximum absolute atomic E-state index is 11.9. The van der Waals surface area contributed by atoms with Gasteiger partial charge in [0.1, 0.15) is 0 Å². The van der Waals surface area contributed by atoms with E-state index in [1.54, 1.807) is 6.92 Å². The first kappa shape index (κ1) is 15.1. The fourth-order valence-corrected chi connectivity index (χ4v) is 2.44. The number of anilines is 1. The number of benzene rings is 2.